The highest BCUT2D eigenvalue weighted by molar-refractivity contribution is 7.10. The number of benzene rings is 1. The average molecular weight is 472 g/mol. The Morgan fingerprint density at radius 2 is 1.91 bits per heavy atom. The first kappa shape index (κ1) is 24.8. The Hall–Kier alpha value is -2.87. The SMILES string of the molecule is CCN(Cc1ccccc1NC(=O)CCC(=O)N1CCc2sccc2C1)C(=O)OC(C)(C)C. The normalized spacial score (nSPS) is 13.3. The van der Waals surface area contributed by atoms with E-state index in [4.69, 9.17) is 4.74 Å². The molecule has 0 fully saturated rings. The highest BCUT2D eigenvalue weighted by Gasteiger charge is 2.23. The van der Waals surface area contributed by atoms with E-state index in [9.17, 15) is 14.4 Å². The number of thiophene rings is 1. The fourth-order valence-corrected chi connectivity index (χ4v) is 4.56. The highest BCUT2D eigenvalue weighted by Crippen LogP contribution is 2.25. The van der Waals surface area contributed by atoms with Crippen molar-refractivity contribution in [3.05, 3.63) is 51.7 Å². The summed E-state index contributed by atoms with van der Waals surface area (Å²) in [4.78, 5) is 42.5. The van der Waals surface area contributed by atoms with E-state index >= 15 is 0 Å². The van der Waals surface area contributed by atoms with Crippen LogP contribution in [0.15, 0.2) is 35.7 Å². The van der Waals surface area contributed by atoms with E-state index in [1.54, 1.807) is 22.3 Å². The molecule has 0 unspecified atom stereocenters. The van der Waals surface area contributed by atoms with Crippen LogP contribution in [0.5, 0.6) is 0 Å². The molecular weight excluding hydrogens is 438 g/mol. The molecule has 1 aromatic carbocycles. The zero-order chi connectivity index (χ0) is 24.0. The van der Waals surface area contributed by atoms with Crippen LogP contribution < -0.4 is 5.32 Å². The average Bonchev–Trinajstić information content (AvgIpc) is 3.23. The van der Waals surface area contributed by atoms with E-state index in [2.05, 4.69) is 16.8 Å². The van der Waals surface area contributed by atoms with E-state index in [1.165, 1.54) is 10.4 Å². The number of nitrogens with zero attached hydrogens (tertiary/aromatic N) is 2. The second-order valence-corrected chi connectivity index (χ2v) is 10.1. The van der Waals surface area contributed by atoms with Crippen molar-refractivity contribution in [3.63, 3.8) is 0 Å². The van der Waals surface area contributed by atoms with E-state index in [-0.39, 0.29) is 24.7 Å². The van der Waals surface area contributed by atoms with Gasteiger partial charge in [-0.25, -0.2) is 4.79 Å². The summed E-state index contributed by atoms with van der Waals surface area (Å²) in [5.41, 5.74) is 2.08. The number of para-hydroxylation sites is 1. The Morgan fingerprint density at radius 1 is 1.15 bits per heavy atom. The van der Waals surface area contributed by atoms with Gasteiger partial charge in [-0.1, -0.05) is 18.2 Å². The lowest BCUT2D eigenvalue weighted by Crippen LogP contribution is -2.36. The standard InChI is InChI=1S/C25H33N3O4S/c1-5-27(24(31)32-25(2,3)4)16-18-8-6-7-9-20(18)26-22(29)10-11-23(30)28-14-12-21-19(17-28)13-15-33-21/h6-9,13,15H,5,10-12,14,16-17H2,1-4H3,(H,26,29). The number of nitrogens with one attached hydrogen (secondary N) is 1. The van der Waals surface area contributed by atoms with Crippen molar-refractivity contribution in [2.24, 2.45) is 0 Å². The van der Waals surface area contributed by atoms with E-state index in [1.807, 2.05) is 50.8 Å². The predicted octanol–water partition coefficient (Wildman–Crippen LogP) is 4.81. The lowest BCUT2D eigenvalue weighted by Gasteiger charge is -2.27. The molecule has 2 aromatic rings. The lowest BCUT2D eigenvalue weighted by molar-refractivity contribution is -0.133. The molecule has 0 saturated heterocycles. The van der Waals surface area contributed by atoms with E-state index < -0.39 is 11.7 Å². The molecule has 1 aliphatic rings. The summed E-state index contributed by atoms with van der Waals surface area (Å²) in [6, 6.07) is 9.45. The fraction of sp³-hybridized carbons (Fsp3) is 0.480. The number of rotatable bonds is 7. The van der Waals surface area contributed by atoms with Crippen molar-refractivity contribution in [1.29, 1.82) is 0 Å². The molecule has 8 heteroatoms. The highest BCUT2D eigenvalue weighted by atomic mass is 32.1. The topological polar surface area (TPSA) is 79.0 Å². The molecule has 1 N–H and O–H groups in total. The Bertz CT molecular complexity index is 996. The van der Waals surface area contributed by atoms with Gasteiger partial charge in [-0.2, -0.15) is 0 Å². The number of carbonyl (C=O) groups excluding carboxylic acids is 3. The minimum Gasteiger partial charge on any atom is -0.444 e. The molecule has 3 amide bonds. The first-order valence-corrected chi connectivity index (χ1v) is 12.2. The maximum Gasteiger partial charge on any atom is 0.410 e. The van der Waals surface area contributed by atoms with Gasteiger partial charge in [0.05, 0.1) is 6.54 Å². The van der Waals surface area contributed by atoms with Gasteiger partial charge in [0, 0.05) is 43.0 Å². The largest absolute Gasteiger partial charge is 0.444 e. The van der Waals surface area contributed by atoms with Crippen LogP contribution in [0.25, 0.3) is 0 Å². The van der Waals surface area contributed by atoms with Crippen LogP contribution in [0, 0.1) is 0 Å². The van der Waals surface area contributed by atoms with E-state index in [0.29, 0.717) is 31.9 Å². The third kappa shape index (κ3) is 7.05. The minimum atomic E-state index is -0.579. The van der Waals surface area contributed by atoms with Crippen molar-refractivity contribution >= 4 is 34.9 Å². The first-order chi connectivity index (χ1) is 15.7. The summed E-state index contributed by atoms with van der Waals surface area (Å²) in [7, 11) is 0. The van der Waals surface area contributed by atoms with Gasteiger partial charge in [0.15, 0.2) is 0 Å². The molecule has 0 bridgehead atoms. The lowest BCUT2D eigenvalue weighted by atomic mass is 10.1. The summed E-state index contributed by atoms with van der Waals surface area (Å²) in [5, 5.41) is 4.97. The van der Waals surface area contributed by atoms with Crippen LogP contribution >= 0.6 is 11.3 Å². The zero-order valence-corrected chi connectivity index (χ0v) is 20.7. The second-order valence-electron chi connectivity index (χ2n) is 9.13. The minimum absolute atomic E-state index is 0.00244. The van der Waals surface area contributed by atoms with Crippen LogP contribution in [0.1, 0.15) is 56.5 Å². The van der Waals surface area contributed by atoms with Gasteiger partial charge in [-0.15, -0.1) is 11.3 Å². The maximum atomic E-state index is 12.6. The smallest absolute Gasteiger partial charge is 0.410 e. The first-order valence-electron chi connectivity index (χ1n) is 11.3. The summed E-state index contributed by atoms with van der Waals surface area (Å²) in [5.74, 6) is -0.221. The summed E-state index contributed by atoms with van der Waals surface area (Å²) >= 11 is 1.74. The molecule has 7 nitrogen and oxygen atoms in total. The summed E-state index contributed by atoms with van der Waals surface area (Å²) in [6.07, 6.45) is 0.770. The number of anilines is 1. The third-order valence-corrected chi connectivity index (χ3v) is 6.44. The molecular formula is C25H33N3O4S. The molecule has 0 spiro atoms. The molecule has 0 aliphatic carbocycles. The number of fused-ring (bicyclic) bond motifs is 1. The second kappa shape index (κ2) is 10.8. The van der Waals surface area contributed by atoms with Gasteiger partial charge in [-0.3, -0.25) is 9.59 Å². The van der Waals surface area contributed by atoms with Gasteiger partial charge in [0.2, 0.25) is 11.8 Å². The Kier molecular flexibility index (Phi) is 8.13. The van der Waals surface area contributed by atoms with Gasteiger partial charge in [0.1, 0.15) is 5.60 Å². The Balaban J connectivity index is 1.55. The van der Waals surface area contributed by atoms with Crippen molar-refractivity contribution < 1.29 is 19.1 Å². The molecule has 178 valence electrons. The van der Waals surface area contributed by atoms with Crippen molar-refractivity contribution in [3.8, 4) is 0 Å². The molecule has 3 rings (SSSR count). The van der Waals surface area contributed by atoms with Crippen molar-refractivity contribution in [1.82, 2.24) is 9.80 Å². The summed E-state index contributed by atoms with van der Waals surface area (Å²) < 4.78 is 5.48. The van der Waals surface area contributed by atoms with Crippen molar-refractivity contribution in [2.75, 3.05) is 18.4 Å². The third-order valence-electron chi connectivity index (χ3n) is 5.41. The number of amides is 3. The molecule has 2 heterocycles. The number of carbonyl (C=O) groups is 3. The zero-order valence-electron chi connectivity index (χ0n) is 19.8. The van der Waals surface area contributed by atoms with Gasteiger partial charge < -0.3 is 19.9 Å². The van der Waals surface area contributed by atoms with Gasteiger partial charge >= 0.3 is 6.09 Å². The number of hydrogen-bond donors (Lipinski definition) is 1. The van der Waals surface area contributed by atoms with Crippen molar-refractivity contribution in [2.45, 2.75) is 65.6 Å². The predicted molar refractivity (Wildman–Crippen MR) is 130 cm³/mol. The maximum absolute atomic E-state index is 12.6. The molecule has 0 saturated carbocycles. The Labute approximate surface area is 199 Å². The molecule has 0 radical (unpaired) electrons. The number of hydrogen-bond acceptors (Lipinski definition) is 5. The molecule has 1 aliphatic heterocycles. The van der Waals surface area contributed by atoms with E-state index in [0.717, 1.165) is 12.0 Å². The van der Waals surface area contributed by atoms with Crippen LogP contribution in [0.2, 0.25) is 0 Å². The van der Waals surface area contributed by atoms with Crippen LogP contribution in [0.3, 0.4) is 0 Å². The number of ether oxygens (including phenoxy) is 1. The van der Waals surface area contributed by atoms with Gasteiger partial charge in [0.25, 0.3) is 0 Å². The van der Waals surface area contributed by atoms with Gasteiger partial charge in [-0.05, 0) is 62.8 Å². The summed E-state index contributed by atoms with van der Waals surface area (Å²) in [6.45, 7) is 9.50. The van der Waals surface area contributed by atoms with Crippen LogP contribution in [-0.2, 0) is 33.8 Å². The molecule has 33 heavy (non-hydrogen) atoms. The fourth-order valence-electron chi connectivity index (χ4n) is 3.67. The molecule has 1 aromatic heterocycles. The Morgan fingerprint density at radius 3 is 2.64 bits per heavy atom. The quantitative estimate of drug-likeness (QED) is 0.629. The molecule has 0 atom stereocenters. The van der Waals surface area contributed by atoms with Crippen LogP contribution in [0.4, 0.5) is 10.5 Å². The van der Waals surface area contributed by atoms with Crippen LogP contribution in [-0.4, -0.2) is 46.4 Å². The monoisotopic (exact) mass is 471 g/mol.